The van der Waals surface area contributed by atoms with Crippen LogP contribution in [0.4, 0.5) is 5.82 Å². The topological polar surface area (TPSA) is 93.1 Å². The van der Waals surface area contributed by atoms with E-state index in [2.05, 4.69) is 32.5 Å². The van der Waals surface area contributed by atoms with E-state index in [-0.39, 0.29) is 12.1 Å². The molecule has 0 aromatic carbocycles. The molecule has 0 unspecified atom stereocenters. The summed E-state index contributed by atoms with van der Waals surface area (Å²) in [5.41, 5.74) is 8.23. The van der Waals surface area contributed by atoms with Gasteiger partial charge in [0.2, 0.25) is 0 Å². The fourth-order valence-electron chi connectivity index (χ4n) is 6.00. The Morgan fingerprint density at radius 2 is 1.90 bits per heavy atom. The van der Waals surface area contributed by atoms with E-state index < -0.39 is 0 Å². The van der Waals surface area contributed by atoms with Crippen molar-refractivity contribution in [2.75, 3.05) is 18.8 Å². The molecular weight excluding hydrogens is 376 g/mol. The Morgan fingerprint density at radius 3 is 2.70 bits per heavy atom. The highest BCUT2D eigenvalue weighted by Crippen LogP contribution is 2.41. The number of hydrogen-bond acceptors (Lipinski definition) is 6. The number of aliphatic hydroxyl groups is 1. The molecule has 7 heteroatoms. The second-order valence-electron chi connectivity index (χ2n) is 9.77. The van der Waals surface area contributed by atoms with Crippen LogP contribution in [0.5, 0.6) is 0 Å². The maximum absolute atomic E-state index is 10.9. The van der Waals surface area contributed by atoms with Crippen LogP contribution >= 0.6 is 0 Å². The van der Waals surface area contributed by atoms with Gasteiger partial charge in [-0.15, -0.1) is 5.10 Å². The van der Waals surface area contributed by atoms with Crippen LogP contribution in [0.3, 0.4) is 0 Å². The summed E-state index contributed by atoms with van der Waals surface area (Å²) >= 11 is 0. The first kappa shape index (κ1) is 19.9. The first-order chi connectivity index (χ1) is 14.7. The summed E-state index contributed by atoms with van der Waals surface area (Å²) in [4.78, 5) is 6.68. The van der Waals surface area contributed by atoms with E-state index in [4.69, 9.17) is 5.73 Å². The smallest absolute Gasteiger partial charge is 0.127 e. The highest BCUT2D eigenvalue weighted by Gasteiger charge is 2.42. The van der Waals surface area contributed by atoms with Gasteiger partial charge in [-0.1, -0.05) is 43.4 Å². The number of nitrogens with zero attached hydrogens (tertiary/aromatic N) is 5. The first-order valence-corrected chi connectivity index (χ1v) is 11.7. The molecule has 0 amide bonds. The van der Waals surface area contributed by atoms with Crippen LogP contribution in [0.2, 0.25) is 0 Å². The summed E-state index contributed by atoms with van der Waals surface area (Å²) in [5.74, 6) is 2.51. The lowest BCUT2D eigenvalue weighted by atomic mass is 9.77. The molecule has 2 aromatic rings. The van der Waals surface area contributed by atoms with Crippen molar-refractivity contribution in [1.29, 1.82) is 0 Å². The lowest BCUT2D eigenvalue weighted by Gasteiger charge is -2.35. The highest BCUT2D eigenvalue weighted by atomic mass is 16.3. The zero-order valence-corrected chi connectivity index (χ0v) is 17.7. The van der Waals surface area contributed by atoms with Crippen LogP contribution in [-0.4, -0.2) is 49.2 Å². The number of nitrogens with two attached hydrogens (primary N) is 1. The van der Waals surface area contributed by atoms with Crippen molar-refractivity contribution in [3.8, 4) is 0 Å². The van der Waals surface area contributed by atoms with E-state index in [0.29, 0.717) is 17.7 Å². The Bertz CT molecular complexity index is 848. The van der Waals surface area contributed by atoms with Gasteiger partial charge in [-0.3, -0.25) is 4.90 Å². The zero-order valence-electron chi connectivity index (χ0n) is 17.7. The quantitative estimate of drug-likeness (QED) is 0.787. The number of aromatic nitrogens is 4. The maximum atomic E-state index is 10.9. The number of rotatable bonds is 5. The lowest BCUT2D eigenvalue weighted by Crippen LogP contribution is -2.36. The van der Waals surface area contributed by atoms with Gasteiger partial charge in [0.15, 0.2) is 0 Å². The van der Waals surface area contributed by atoms with Gasteiger partial charge in [-0.2, -0.15) is 0 Å². The number of pyridine rings is 1. The number of aliphatic hydroxyl groups excluding tert-OH is 1. The third kappa shape index (κ3) is 4.23. The second kappa shape index (κ2) is 8.63. The van der Waals surface area contributed by atoms with Gasteiger partial charge in [0.25, 0.3) is 0 Å². The Hall–Kier alpha value is -1.99. The van der Waals surface area contributed by atoms with Crippen molar-refractivity contribution < 1.29 is 5.11 Å². The molecule has 2 saturated carbocycles. The molecule has 2 aromatic heterocycles. The molecule has 162 valence electrons. The van der Waals surface area contributed by atoms with Crippen molar-refractivity contribution >= 4 is 5.82 Å². The Morgan fingerprint density at radius 1 is 1.10 bits per heavy atom. The first-order valence-electron chi connectivity index (χ1n) is 11.7. The molecule has 4 atom stereocenters. The van der Waals surface area contributed by atoms with Crippen molar-refractivity contribution in [2.45, 2.75) is 70.1 Å². The van der Waals surface area contributed by atoms with E-state index in [1.54, 1.807) is 6.20 Å². The van der Waals surface area contributed by atoms with E-state index >= 15 is 0 Å². The fourth-order valence-corrected chi connectivity index (χ4v) is 6.00. The summed E-state index contributed by atoms with van der Waals surface area (Å²) in [5, 5.41) is 19.8. The molecule has 0 spiro atoms. The van der Waals surface area contributed by atoms with Crippen LogP contribution in [-0.2, 0) is 13.0 Å². The summed E-state index contributed by atoms with van der Waals surface area (Å²) in [6.45, 7) is 2.90. The van der Waals surface area contributed by atoms with Crippen molar-refractivity contribution in [1.82, 2.24) is 24.9 Å². The van der Waals surface area contributed by atoms with Crippen molar-refractivity contribution in [3.63, 3.8) is 0 Å². The molecule has 0 radical (unpaired) electrons. The molecule has 7 nitrogen and oxygen atoms in total. The zero-order chi connectivity index (χ0) is 20.5. The predicted octanol–water partition coefficient (Wildman–Crippen LogP) is 2.82. The number of fused-ring (bicyclic) bond motifs is 1. The Balaban J connectivity index is 1.21. The van der Waals surface area contributed by atoms with E-state index in [1.807, 2.05) is 10.7 Å². The molecule has 1 saturated heterocycles. The van der Waals surface area contributed by atoms with Crippen LogP contribution < -0.4 is 5.73 Å². The van der Waals surface area contributed by atoms with Crippen LogP contribution in [0, 0.1) is 17.8 Å². The monoisotopic (exact) mass is 410 g/mol. The van der Waals surface area contributed by atoms with Gasteiger partial charge in [-0.25, -0.2) is 9.67 Å². The van der Waals surface area contributed by atoms with E-state index in [0.717, 1.165) is 56.1 Å². The minimum Gasteiger partial charge on any atom is -0.391 e. The van der Waals surface area contributed by atoms with E-state index in [9.17, 15) is 5.11 Å². The molecule has 1 aliphatic heterocycles. The molecule has 5 rings (SSSR count). The second-order valence-corrected chi connectivity index (χ2v) is 9.77. The largest absolute Gasteiger partial charge is 0.391 e. The molecule has 2 aliphatic carbocycles. The molecule has 3 N–H and O–H groups in total. The summed E-state index contributed by atoms with van der Waals surface area (Å²) in [7, 11) is 0. The fraction of sp³-hybridized carbons (Fsp3) is 0.696. The molecule has 0 bridgehead atoms. The van der Waals surface area contributed by atoms with Crippen molar-refractivity contribution in [3.05, 3.63) is 35.8 Å². The summed E-state index contributed by atoms with van der Waals surface area (Å²) < 4.78 is 1.96. The number of likely N-dealkylation sites (tertiary alicyclic amines) is 1. The molecule has 3 heterocycles. The van der Waals surface area contributed by atoms with Gasteiger partial charge in [0.1, 0.15) is 5.82 Å². The normalized spacial score (nSPS) is 30.4. The molecule has 30 heavy (non-hydrogen) atoms. The number of hydrogen-bond donors (Lipinski definition) is 2. The Kier molecular flexibility index (Phi) is 5.74. The van der Waals surface area contributed by atoms with Gasteiger partial charge < -0.3 is 10.8 Å². The SMILES string of the molecule is Nc1ncccc1CN1C[C@H]2C[C@@H](n3cc(CC4CCCCC4)nn3)[C@H](O)C[C@H]2C1. The average molecular weight is 411 g/mol. The molecule has 3 aliphatic rings. The molecular formula is C23H34N6O. The van der Waals surface area contributed by atoms with Crippen LogP contribution in [0.25, 0.3) is 0 Å². The Labute approximate surface area is 178 Å². The van der Waals surface area contributed by atoms with Gasteiger partial charge in [-0.05, 0) is 43.1 Å². The minimum absolute atomic E-state index is 0.0438. The van der Waals surface area contributed by atoms with Crippen LogP contribution in [0.1, 0.15) is 62.2 Å². The van der Waals surface area contributed by atoms with Gasteiger partial charge >= 0.3 is 0 Å². The van der Waals surface area contributed by atoms with Gasteiger partial charge in [0, 0.05) is 37.6 Å². The minimum atomic E-state index is -0.348. The number of anilines is 1. The highest BCUT2D eigenvalue weighted by molar-refractivity contribution is 5.38. The lowest BCUT2D eigenvalue weighted by molar-refractivity contribution is 0.0298. The third-order valence-electron chi connectivity index (χ3n) is 7.62. The average Bonchev–Trinajstić information content (AvgIpc) is 3.36. The summed E-state index contributed by atoms with van der Waals surface area (Å²) in [6, 6.07) is 4.05. The van der Waals surface area contributed by atoms with Crippen LogP contribution in [0.15, 0.2) is 24.5 Å². The third-order valence-corrected chi connectivity index (χ3v) is 7.62. The molecule has 3 fully saturated rings. The maximum Gasteiger partial charge on any atom is 0.127 e. The standard InChI is InChI=1S/C23H34N6O/c24-23-17(7-4-8-25-23)12-28-13-18-10-21(22(30)11-19(18)14-28)29-15-20(26-27-29)9-16-5-2-1-3-6-16/h4,7-8,15-16,18-19,21-22,30H,1-3,5-6,9-14H2,(H2,24,25)/t18-,19+,21-,22-/m1/s1. The van der Waals surface area contributed by atoms with Crippen molar-refractivity contribution in [2.24, 2.45) is 17.8 Å². The van der Waals surface area contributed by atoms with Gasteiger partial charge in [0.05, 0.1) is 17.8 Å². The van der Waals surface area contributed by atoms with E-state index in [1.165, 1.54) is 32.1 Å². The number of nitrogen functional groups attached to an aromatic ring is 1. The summed E-state index contributed by atoms with van der Waals surface area (Å²) in [6.07, 6.45) is 13.1. The predicted molar refractivity (Wildman–Crippen MR) is 115 cm³/mol.